The van der Waals surface area contributed by atoms with E-state index in [4.69, 9.17) is 28.4 Å². The Morgan fingerprint density at radius 2 is 1.76 bits per heavy atom. The Balaban J connectivity index is 1.58. The fraction of sp³-hybridized carbons (Fsp3) is 0.684. The predicted octanol–water partition coefficient (Wildman–Crippen LogP) is 2.60. The van der Waals surface area contributed by atoms with Gasteiger partial charge in [-0.25, -0.2) is 0 Å². The van der Waals surface area contributed by atoms with Crippen molar-refractivity contribution >= 4 is 0 Å². The fourth-order valence-corrected chi connectivity index (χ4v) is 3.75. The van der Waals surface area contributed by atoms with E-state index < -0.39 is 23.5 Å². The topological polar surface area (TPSA) is 55.4 Å². The molecule has 0 aromatic heterocycles. The van der Waals surface area contributed by atoms with Gasteiger partial charge in [0.25, 0.3) is 0 Å². The normalized spacial score (nSPS) is 38.8. The molecule has 138 valence electrons. The molecule has 4 atom stereocenters. The zero-order chi connectivity index (χ0) is 17.7. The van der Waals surface area contributed by atoms with Crippen molar-refractivity contribution in [3.8, 4) is 0 Å². The van der Waals surface area contributed by atoms with Crippen LogP contribution in [0, 0.1) is 0 Å². The van der Waals surface area contributed by atoms with Crippen LogP contribution in [0.4, 0.5) is 0 Å². The predicted molar refractivity (Wildman–Crippen MR) is 88.6 cm³/mol. The van der Waals surface area contributed by atoms with Gasteiger partial charge in [0.05, 0.1) is 13.2 Å². The van der Waals surface area contributed by atoms with E-state index in [-0.39, 0.29) is 12.2 Å². The van der Waals surface area contributed by atoms with E-state index in [1.165, 1.54) is 0 Å². The summed E-state index contributed by atoms with van der Waals surface area (Å²) >= 11 is 0. The summed E-state index contributed by atoms with van der Waals surface area (Å²) < 4.78 is 36.4. The summed E-state index contributed by atoms with van der Waals surface area (Å²) in [6.07, 6.45) is -0.909. The zero-order valence-corrected chi connectivity index (χ0v) is 15.2. The van der Waals surface area contributed by atoms with Gasteiger partial charge in [-0.15, -0.1) is 0 Å². The zero-order valence-electron chi connectivity index (χ0n) is 15.2. The van der Waals surface area contributed by atoms with Crippen molar-refractivity contribution in [1.29, 1.82) is 0 Å². The molecule has 3 heterocycles. The minimum absolute atomic E-state index is 0.186. The SMILES string of the molecule is CC1(C)O[C@H]2[C@@H](OCc3ccccc3)[C@@]3(COC(C)(C)O3)OC[C@H]2O1. The lowest BCUT2D eigenvalue weighted by atomic mass is 9.97. The van der Waals surface area contributed by atoms with E-state index in [2.05, 4.69) is 0 Å². The van der Waals surface area contributed by atoms with Gasteiger partial charge in [0.2, 0.25) is 5.79 Å². The Labute approximate surface area is 148 Å². The smallest absolute Gasteiger partial charge is 0.224 e. The summed E-state index contributed by atoms with van der Waals surface area (Å²) in [4.78, 5) is 0. The third-order valence-electron chi connectivity index (χ3n) is 4.76. The van der Waals surface area contributed by atoms with E-state index in [0.717, 1.165) is 5.56 Å². The highest BCUT2D eigenvalue weighted by atomic mass is 16.9. The standard InChI is InChI=1S/C19H26O6/c1-17(2)22-12-19(25-17)16(20-10-13-8-6-5-7-9-13)15-14(11-21-19)23-18(3,4)24-15/h5-9,14-16H,10-12H2,1-4H3/t14-,15-,16-,19+/m1/s1. The quantitative estimate of drug-likeness (QED) is 0.835. The van der Waals surface area contributed by atoms with Crippen molar-refractivity contribution in [3.63, 3.8) is 0 Å². The van der Waals surface area contributed by atoms with Crippen molar-refractivity contribution in [2.45, 2.75) is 70.0 Å². The Hall–Kier alpha value is -1.02. The van der Waals surface area contributed by atoms with Gasteiger partial charge in [-0.2, -0.15) is 0 Å². The van der Waals surface area contributed by atoms with Crippen LogP contribution < -0.4 is 0 Å². The van der Waals surface area contributed by atoms with Gasteiger partial charge in [0.1, 0.15) is 24.9 Å². The Morgan fingerprint density at radius 3 is 2.44 bits per heavy atom. The van der Waals surface area contributed by atoms with Crippen molar-refractivity contribution < 1.29 is 28.4 Å². The molecule has 1 aromatic rings. The summed E-state index contributed by atoms with van der Waals surface area (Å²) in [5.41, 5.74) is 1.08. The van der Waals surface area contributed by atoms with Crippen LogP contribution in [0.2, 0.25) is 0 Å². The molecular weight excluding hydrogens is 324 g/mol. The van der Waals surface area contributed by atoms with E-state index in [1.807, 2.05) is 58.0 Å². The number of fused-ring (bicyclic) bond motifs is 1. The molecule has 3 aliphatic heterocycles. The Kier molecular flexibility index (Phi) is 4.18. The van der Waals surface area contributed by atoms with Crippen LogP contribution >= 0.6 is 0 Å². The van der Waals surface area contributed by atoms with Crippen LogP contribution in [0.15, 0.2) is 30.3 Å². The first-order valence-electron chi connectivity index (χ1n) is 8.78. The lowest BCUT2D eigenvalue weighted by molar-refractivity contribution is -0.336. The van der Waals surface area contributed by atoms with Crippen molar-refractivity contribution in [2.75, 3.05) is 13.2 Å². The minimum Gasteiger partial charge on any atom is -0.365 e. The molecule has 0 N–H and O–H groups in total. The van der Waals surface area contributed by atoms with E-state index in [9.17, 15) is 0 Å². The van der Waals surface area contributed by atoms with Crippen LogP contribution in [0.1, 0.15) is 33.3 Å². The average Bonchev–Trinajstić information content (AvgIpc) is 3.03. The van der Waals surface area contributed by atoms with Crippen molar-refractivity contribution in [3.05, 3.63) is 35.9 Å². The van der Waals surface area contributed by atoms with Gasteiger partial charge in [-0.3, -0.25) is 0 Å². The maximum Gasteiger partial charge on any atom is 0.224 e. The van der Waals surface area contributed by atoms with Gasteiger partial charge in [-0.1, -0.05) is 30.3 Å². The summed E-state index contributed by atoms with van der Waals surface area (Å²) in [5, 5.41) is 0. The third kappa shape index (κ3) is 3.35. The van der Waals surface area contributed by atoms with Crippen molar-refractivity contribution in [2.24, 2.45) is 0 Å². The molecule has 3 saturated heterocycles. The van der Waals surface area contributed by atoms with E-state index in [1.54, 1.807) is 0 Å². The van der Waals surface area contributed by atoms with E-state index in [0.29, 0.717) is 19.8 Å². The van der Waals surface area contributed by atoms with Gasteiger partial charge >= 0.3 is 0 Å². The summed E-state index contributed by atoms with van der Waals surface area (Å²) in [6.45, 7) is 8.69. The Bertz CT molecular complexity index is 614. The van der Waals surface area contributed by atoms with Crippen LogP contribution in [-0.4, -0.2) is 48.9 Å². The first kappa shape index (κ1) is 17.4. The monoisotopic (exact) mass is 350 g/mol. The molecule has 0 radical (unpaired) electrons. The highest BCUT2D eigenvalue weighted by Gasteiger charge is 2.63. The average molecular weight is 350 g/mol. The molecule has 1 spiro atoms. The van der Waals surface area contributed by atoms with E-state index >= 15 is 0 Å². The molecular formula is C19H26O6. The molecule has 3 aliphatic rings. The highest BCUT2D eigenvalue weighted by molar-refractivity contribution is 5.14. The molecule has 4 rings (SSSR count). The molecule has 1 aromatic carbocycles. The summed E-state index contributed by atoms with van der Waals surface area (Å²) in [6, 6.07) is 10.0. The summed E-state index contributed by atoms with van der Waals surface area (Å²) in [7, 11) is 0. The molecule has 6 nitrogen and oxygen atoms in total. The molecule has 25 heavy (non-hydrogen) atoms. The molecule has 0 unspecified atom stereocenters. The minimum atomic E-state index is -0.983. The highest BCUT2D eigenvalue weighted by Crippen LogP contribution is 2.45. The maximum absolute atomic E-state index is 6.27. The van der Waals surface area contributed by atoms with Crippen LogP contribution in [0.3, 0.4) is 0 Å². The molecule has 6 heteroatoms. The van der Waals surface area contributed by atoms with Crippen LogP contribution in [0.5, 0.6) is 0 Å². The lowest BCUT2D eigenvalue weighted by Gasteiger charge is -2.43. The van der Waals surface area contributed by atoms with Crippen molar-refractivity contribution in [1.82, 2.24) is 0 Å². The second-order valence-corrected chi connectivity index (χ2v) is 7.77. The lowest BCUT2D eigenvalue weighted by Crippen LogP contribution is -2.62. The Morgan fingerprint density at radius 1 is 1.00 bits per heavy atom. The molecule has 0 amide bonds. The molecule has 3 fully saturated rings. The number of rotatable bonds is 3. The first-order chi connectivity index (χ1) is 11.8. The van der Waals surface area contributed by atoms with Crippen LogP contribution in [-0.2, 0) is 35.0 Å². The number of benzene rings is 1. The van der Waals surface area contributed by atoms with Gasteiger partial charge in [0, 0.05) is 0 Å². The number of ether oxygens (including phenoxy) is 6. The first-order valence-corrected chi connectivity index (χ1v) is 8.78. The largest absolute Gasteiger partial charge is 0.365 e. The maximum atomic E-state index is 6.27. The van der Waals surface area contributed by atoms with Gasteiger partial charge in [0.15, 0.2) is 11.6 Å². The second kappa shape index (κ2) is 6.01. The molecule has 0 bridgehead atoms. The molecule has 0 aliphatic carbocycles. The van der Waals surface area contributed by atoms with Gasteiger partial charge < -0.3 is 28.4 Å². The number of hydrogen-bond donors (Lipinski definition) is 0. The molecule has 0 saturated carbocycles. The second-order valence-electron chi connectivity index (χ2n) is 7.77. The van der Waals surface area contributed by atoms with Crippen LogP contribution in [0.25, 0.3) is 0 Å². The summed E-state index contributed by atoms with van der Waals surface area (Å²) in [5.74, 6) is -2.38. The fourth-order valence-electron chi connectivity index (χ4n) is 3.75. The number of hydrogen-bond acceptors (Lipinski definition) is 6. The van der Waals surface area contributed by atoms with Gasteiger partial charge in [-0.05, 0) is 33.3 Å². The third-order valence-corrected chi connectivity index (χ3v) is 4.76.